The molecule has 0 aliphatic heterocycles. The Morgan fingerprint density at radius 2 is 1.69 bits per heavy atom. The van der Waals surface area contributed by atoms with Gasteiger partial charge >= 0.3 is 0 Å². The molecule has 5 heteroatoms. The summed E-state index contributed by atoms with van der Waals surface area (Å²) in [6, 6.07) is -0.0973. The summed E-state index contributed by atoms with van der Waals surface area (Å²) in [4.78, 5) is 0. The SMILES string of the molecule is CC(Cl)CC(C)NS(=O)(=O)C(C)C. The minimum absolute atomic E-state index is 0.00939. The van der Waals surface area contributed by atoms with Crippen molar-refractivity contribution in [3.05, 3.63) is 0 Å². The van der Waals surface area contributed by atoms with E-state index in [0.717, 1.165) is 0 Å². The molecule has 0 radical (unpaired) electrons. The molecule has 13 heavy (non-hydrogen) atoms. The van der Waals surface area contributed by atoms with Crippen LogP contribution in [-0.4, -0.2) is 25.1 Å². The van der Waals surface area contributed by atoms with Gasteiger partial charge in [0.15, 0.2) is 0 Å². The molecule has 0 amide bonds. The highest BCUT2D eigenvalue weighted by molar-refractivity contribution is 7.90. The molecule has 2 atom stereocenters. The average molecular weight is 228 g/mol. The third kappa shape index (κ3) is 5.49. The lowest BCUT2D eigenvalue weighted by atomic mass is 10.2. The Labute approximate surface area is 85.9 Å². The van der Waals surface area contributed by atoms with Gasteiger partial charge in [-0.3, -0.25) is 0 Å². The van der Waals surface area contributed by atoms with Crippen LogP contribution in [0.2, 0.25) is 0 Å². The van der Waals surface area contributed by atoms with Crippen molar-refractivity contribution in [3.63, 3.8) is 0 Å². The van der Waals surface area contributed by atoms with Crippen molar-refractivity contribution in [1.82, 2.24) is 4.72 Å². The minimum atomic E-state index is -3.15. The average Bonchev–Trinajstić information content (AvgIpc) is 1.82. The van der Waals surface area contributed by atoms with Crippen LogP contribution in [0.15, 0.2) is 0 Å². The van der Waals surface area contributed by atoms with E-state index in [0.29, 0.717) is 6.42 Å². The van der Waals surface area contributed by atoms with Crippen LogP contribution >= 0.6 is 11.6 Å². The van der Waals surface area contributed by atoms with Gasteiger partial charge in [0.1, 0.15) is 0 Å². The van der Waals surface area contributed by atoms with Gasteiger partial charge in [-0.15, -0.1) is 11.6 Å². The molecule has 2 unspecified atom stereocenters. The van der Waals surface area contributed by atoms with Crippen LogP contribution in [0, 0.1) is 0 Å². The van der Waals surface area contributed by atoms with Crippen molar-refractivity contribution in [3.8, 4) is 0 Å². The number of sulfonamides is 1. The van der Waals surface area contributed by atoms with Gasteiger partial charge in [-0.2, -0.15) is 0 Å². The van der Waals surface area contributed by atoms with Crippen molar-refractivity contribution in [1.29, 1.82) is 0 Å². The molecule has 0 saturated heterocycles. The Kier molecular flexibility index (Phi) is 5.25. The van der Waals surface area contributed by atoms with E-state index >= 15 is 0 Å². The molecular formula is C8H18ClNO2S. The molecule has 0 aliphatic rings. The summed E-state index contributed by atoms with van der Waals surface area (Å²) in [5.41, 5.74) is 0. The molecule has 0 aliphatic carbocycles. The monoisotopic (exact) mass is 227 g/mol. The van der Waals surface area contributed by atoms with E-state index in [2.05, 4.69) is 4.72 Å². The zero-order chi connectivity index (χ0) is 10.6. The highest BCUT2D eigenvalue weighted by atomic mass is 35.5. The van der Waals surface area contributed by atoms with Crippen molar-refractivity contribution >= 4 is 21.6 Å². The predicted molar refractivity (Wildman–Crippen MR) is 56.6 cm³/mol. The molecule has 3 nitrogen and oxygen atoms in total. The van der Waals surface area contributed by atoms with Gasteiger partial charge in [0.2, 0.25) is 10.0 Å². The lowest BCUT2D eigenvalue weighted by molar-refractivity contribution is 0.538. The summed E-state index contributed by atoms with van der Waals surface area (Å²) < 4.78 is 25.3. The van der Waals surface area contributed by atoms with E-state index in [9.17, 15) is 8.42 Å². The van der Waals surface area contributed by atoms with Gasteiger partial charge < -0.3 is 0 Å². The summed E-state index contributed by atoms with van der Waals surface area (Å²) in [6.07, 6.45) is 0.646. The molecule has 0 rings (SSSR count). The van der Waals surface area contributed by atoms with Crippen molar-refractivity contribution in [2.24, 2.45) is 0 Å². The summed E-state index contributed by atoms with van der Waals surface area (Å²) >= 11 is 5.75. The molecule has 0 heterocycles. The molecule has 0 saturated carbocycles. The fraction of sp³-hybridized carbons (Fsp3) is 1.00. The zero-order valence-electron chi connectivity index (χ0n) is 8.54. The van der Waals surface area contributed by atoms with Crippen LogP contribution in [0.3, 0.4) is 0 Å². The molecule has 0 aromatic rings. The van der Waals surface area contributed by atoms with E-state index in [1.54, 1.807) is 13.8 Å². The molecule has 0 spiro atoms. The highest BCUT2D eigenvalue weighted by Gasteiger charge is 2.19. The smallest absolute Gasteiger partial charge is 0.212 e. The van der Waals surface area contributed by atoms with Crippen LogP contribution in [0.5, 0.6) is 0 Å². The van der Waals surface area contributed by atoms with Gasteiger partial charge in [0.05, 0.1) is 5.25 Å². The fourth-order valence-electron chi connectivity index (χ4n) is 0.952. The van der Waals surface area contributed by atoms with Crippen LogP contribution in [-0.2, 0) is 10.0 Å². The molecule has 0 aromatic heterocycles. The molecule has 1 N–H and O–H groups in total. The summed E-state index contributed by atoms with van der Waals surface area (Å²) in [5, 5.41) is -0.398. The third-order valence-corrected chi connectivity index (χ3v) is 3.81. The summed E-state index contributed by atoms with van der Waals surface area (Å²) in [6.45, 7) is 6.97. The first kappa shape index (κ1) is 13.2. The van der Waals surface area contributed by atoms with E-state index in [-0.39, 0.29) is 16.7 Å². The van der Waals surface area contributed by atoms with Crippen LogP contribution < -0.4 is 4.72 Å². The maximum absolute atomic E-state index is 11.4. The first-order chi connectivity index (χ1) is 5.75. The number of rotatable bonds is 5. The normalized spacial score (nSPS) is 17.4. The number of alkyl halides is 1. The quantitative estimate of drug-likeness (QED) is 0.727. The summed E-state index contributed by atoms with van der Waals surface area (Å²) in [5.74, 6) is 0. The number of hydrogen-bond acceptors (Lipinski definition) is 2. The molecule has 80 valence electrons. The largest absolute Gasteiger partial charge is 0.214 e. The van der Waals surface area contributed by atoms with Gasteiger partial charge in [-0.25, -0.2) is 13.1 Å². The maximum Gasteiger partial charge on any atom is 0.214 e. The van der Waals surface area contributed by atoms with Crippen LogP contribution in [0.25, 0.3) is 0 Å². The van der Waals surface area contributed by atoms with Crippen molar-refractivity contribution < 1.29 is 8.42 Å². The second-order valence-corrected chi connectivity index (χ2v) is 6.64. The number of halogens is 1. The predicted octanol–water partition coefficient (Wildman–Crippen LogP) is 1.72. The Hall–Kier alpha value is 0.200. The molecular weight excluding hydrogens is 210 g/mol. The van der Waals surface area contributed by atoms with E-state index in [1.807, 2.05) is 13.8 Å². The maximum atomic E-state index is 11.4. The summed E-state index contributed by atoms with van der Waals surface area (Å²) in [7, 11) is -3.15. The van der Waals surface area contributed by atoms with Crippen LogP contribution in [0.4, 0.5) is 0 Å². The molecule has 0 aromatic carbocycles. The second-order valence-electron chi connectivity index (χ2n) is 3.63. The Morgan fingerprint density at radius 1 is 1.23 bits per heavy atom. The van der Waals surface area contributed by atoms with E-state index in [4.69, 9.17) is 11.6 Å². The van der Waals surface area contributed by atoms with E-state index < -0.39 is 10.0 Å². The topological polar surface area (TPSA) is 46.2 Å². The molecule has 0 fully saturated rings. The van der Waals surface area contributed by atoms with Gasteiger partial charge in [-0.1, -0.05) is 0 Å². The van der Waals surface area contributed by atoms with Gasteiger partial charge in [0, 0.05) is 11.4 Å². The van der Waals surface area contributed by atoms with Gasteiger partial charge in [0.25, 0.3) is 0 Å². The Balaban J connectivity index is 4.13. The van der Waals surface area contributed by atoms with Crippen LogP contribution in [0.1, 0.15) is 34.1 Å². The zero-order valence-corrected chi connectivity index (χ0v) is 10.1. The Morgan fingerprint density at radius 3 is 2.00 bits per heavy atom. The first-order valence-corrected chi connectivity index (χ1v) is 6.39. The van der Waals surface area contributed by atoms with Crippen molar-refractivity contribution in [2.75, 3.05) is 0 Å². The fourth-order valence-corrected chi connectivity index (χ4v) is 2.15. The minimum Gasteiger partial charge on any atom is -0.212 e. The lowest BCUT2D eigenvalue weighted by Crippen LogP contribution is -2.38. The number of hydrogen-bond donors (Lipinski definition) is 1. The standard InChI is InChI=1S/C8H18ClNO2S/c1-6(2)13(11,12)10-8(4)5-7(3)9/h6-8,10H,5H2,1-4H3. The first-order valence-electron chi connectivity index (χ1n) is 4.41. The Bertz CT molecular complexity index is 237. The molecule has 0 bridgehead atoms. The third-order valence-electron chi connectivity index (χ3n) is 1.66. The van der Waals surface area contributed by atoms with Crippen molar-refractivity contribution in [2.45, 2.75) is 50.8 Å². The number of nitrogens with one attached hydrogen (secondary N) is 1. The van der Waals surface area contributed by atoms with E-state index in [1.165, 1.54) is 0 Å². The lowest BCUT2D eigenvalue weighted by Gasteiger charge is -2.16. The second kappa shape index (κ2) is 5.17. The highest BCUT2D eigenvalue weighted by Crippen LogP contribution is 2.06. The van der Waals surface area contributed by atoms with Gasteiger partial charge in [-0.05, 0) is 34.1 Å².